The Bertz CT molecular complexity index is 700. The molecule has 0 aliphatic carbocycles. The van der Waals surface area contributed by atoms with Crippen molar-refractivity contribution in [2.75, 3.05) is 7.05 Å². The van der Waals surface area contributed by atoms with Gasteiger partial charge in [0.25, 0.3) is 0 Å². The van der Waals surface area contributed by atoms with Crippen LogP contribution in [0.3, 0.4) is 0 Å². The molecule has 0 saturated heterocycles. The first-order valence-electron chi connectivity index (χ1n) is 6.66. The van der Waals surface area contributed by atoms with Crippen molar-refractivity contribution in [3.8, 4) is 0 Å². The molecular formula is C15H19N3O2S. The number of nitrogens with one attached hydrogen (secondary N) is 2. The summed E-state index contributed by atoms with van der Waals surface area (Å²) in [7, 11) is -1.70. The van der Waals surface area contributed by atoms with Gasteiger partial charge in [-0.05, 0) is 49.4 Å². The summed E-state index contributed by atoms with van der Waals surface area (Å²) >= 11 is 0. The van der Waals surface area contributed by atoms with Crippen LogP contribution in [-0.4, -0.2) is 20.4 Å². The van der Waals surface area contributed by atoms with Crippen LogP contribution in [0.25, 0.3) is 0 Å². The molecule has 0 aliphatic rings. The van der Waals surface area contributed by atoms with Crippen LogP contribution < -0.4 is 10.0 Å². The number of sulfonamides is 1. The van der Waals surface area contributed by atoms with Gasteiger partial charge >= 0.3 is 0 Å². The maximum atomic E-state index is 12.3. The van der Waals surface area contributed by atoms with Gasteiger partial charge in [-0.2, -0.15) is 0 Å². The Hall–Kier alpha value is -1.76. The molecule has 2 N–H and O–H groups in total. The monoisotopic (exact) mass is 305 g/mol. The van der Waals surface area contributed by atoms with E-state index in [1.165, 1.54) is 0 Å². The fourth-order valence-electron chi connectivity index (χ4n) is 1.95. The molecule has 0 spiro atoms. The minimum atomic E-state index is -3.53. The lowest BCUT2D eigenvalue weighted by Crippen LogP contribution is -2.24. The van der Waals surface area contributed by atoms with Gasteiger partial charge in [-0.3, -0.25) is 4.98 Å². The SMILES string of the molecule is CNCc1cc(S(=O)(=O)NCc2ccccn2)ccc1C. The number of aromatic nitrogens is 1. The van der Waals surface area contributed by atoms with Crippen molar-refractivity contribution in [3.63, 3.8) is 0 Å². The van der Waals surface area contributed by atoms with Crippen molar-refractivity contribution in [2.24, 2.45) is 0 Å². The molecule has 112 valence electrons. The van der Waals surface area contributed by atoms with Crippen LogP contribution in [0.4, 0.5) is 0 Å². The zero-order valence-electron chi connectivity index (χ0n) is 12.1. The molecule has 0 radical (unpaired) electrons. The first-order chi connectivity index (χ1) is 10.0. The quantitative estimate of drug-likeness (QED) is 0.850. The van der Waals surface area contributed by atoms with Crippen molar-refractivity contribution in [2.45, 2.75) is 24.9 Å². The molecule has 0 atom stereocenters. The van der Waals surface area contributed by atoms with Crippen LogP contribution in [0.5, 0.6) is 0 Å². The fourth-order valence-corrected chi connectivity index (χ4v) is 3.00. The van der Waals surface area contributed by atoms with Crippen molar-refractivity contribution in [1.29, 1.82) is 0 Å². The predicted molar refractivity (Wildman–Crippen MR) is 82.2 cm³/mol. The summed E-state index contributed by atoms with van der Waals surface area (Å²) in [5.74, 6) is 0. The molecule has 0 aliphatic heterocycles. The normalized spacial score (nSPS) is 11.5. The van der Waals surface area contributed by atoms with E-state index in [-0.39, 0.29) is 11.4 Å². The zero-order chi connectivity index (χ0) is 15.3. The van der Waals surface area contributed by atoms with Crippen LogP contribution in [0.1, 0.15) is 16.8 Å². The Morgan fingerprint density at radius 1 is 1.14 bits per heavy atom. The molecule has 1 aromatic heterocycles. The molecule has 0 amide bonds. The highest BCUT2D eigenvalue weighted by molar-refractivity contribution is 7.89. The third-order valence-corrected chi connectivity index (χ3v) is 4.57. The highest BCUT2D eigenvalue weighted by atomic mass is 32.2. The second kappa shape index (κ2) is 6.80. The molecule has 1 heterocycles. The van der Waals surface area contributed by atoms with Crippen LogP contribution in [0.15, 0.2) is 47.5 Å². The predicted octanol–water partition coefficient (Wildman–Crippen LogP) is 1.59. The number of rotatable bonds is 6. The van der Waals surface area contributed by atoms with Crippen LogP contribution >= 0.6 is 0 Å². The van der Waals surface area contributed by atoms with Crippen molar-refractivity contribution >= 4 is 10.0 Å². The Morgan fingerprint density at radius 2 is 1.95 bits per heavy atom. The Labute approximate surface area is 125 Å². The maximum Gasteiger partial charge on any atom is 0.240 e. The maximum absolute atomic E-state index is 12.3. The van der Waals surface area contributed by atoms with E-state index in [9.17, 15) is 8.42 Å². The van der Waals surface area contributed by atoms with E-state index >= 15 is 0 Å². The molecule has 21 heavy (non-hydrogen) atoms. The molecule has 1 aromatic carbocycles. The van der Waals surface area contributed by atoms with Gasteiger partial charge in [-0.25, -0.2) is 13.1 Å². The molecule has 0 saturated carbocycles. The number of nitrogens with zero attached hydrogens (tertiary/aromatic N) is 1. The first-order valence-corrected chi connectivity index (χ1v) is 8.15. The van der Waals surface area contributed by atoms with E-state index in [4.69, 9.17) is 0 Å². The van der Waals surface area contributed by atoms with Crippen molar-refractivity contribution in [1.82, 2.24) is 15.0 Å². The second-order valence-corrected chi connectivity index (χ2v) is 6.53. The molecule has 5 nitrogen and oxygen atoms in total. The molecule has 0 bridgehead atoms. The Balaban J connectivity index is 2.17. The number of pyridine rings is 1. The molecule has 0 fully saturated rings. The Kier molecular flexibility index (Phi) is 5.06. The standard InChI is InChI=1S/C15H19N3O2S/c1-12-6-7-15(9-13(12)10-16-2)21(19,20)18-11-14-5-3-4-8-17-14/h3-9,16,18H,10-11H2,1-2H3. The van der Waals surface area contributed by atoms with Gasteiger partial charge in [0.05, 0.1) is 17.1 Å². The van der Waals surface area contributed by atoms with Gasteiger partial charge in [0, 0.05) is 12.7 Å². The third-order valence-electron chi connectivity index (χ3n) is 3.17. The summed E-state index contributed by atoms with van der Waals surface area (Å²) in [5, 5.41) is 3.04. The molecule has 0 unspecified atom stereocenters. The van der Waals surface area contributed by atoms with Gasteiger partial charge in [0.15, 0.2) is 0 Å². The summed E-state index contributed by atoms with van der Waals surface area (Å²) in [6.07, 6.45) is 1.64. The van der Waals surface area contributed by atoms with Crippen LogP contribution in [0.2, 0.25) is 0 Å². The summed E-state index contributed by atoms with van der Waals surface area (Å²) in [4.78, 5) is 4.37. The summed E-state index contributed by atoms with van der Waals surface area (Å²) in [5.41, 5.74) is 2.72. The van der Waals surface area contributed by atoms with E-state index in [0.717, 1.165) is 11.1 Å². The third kappa shape index (κ3) is 4.10. The van der Waals surface area contributed by atoms with Gasteiger partial charge in [0.1, 0.15) is 0 Å². The summed E-state index contributed by atoms with van der Waals surface area (Å²) in [6.45, 7) is 2.78. The highest BCUT2D eigenvalue weighted by Gasteiger charge is 2.15. The number of hydrogen-bond acceptors (Lipinski definition) is 4. The molecule has 2 aromatic rings. The smallest absolute Gasteiger partial charge is 0.240 e. The lowest BCUT2D eigenvalue weighted by molar-refractivity contribution is 0.580. The summed E-state index contributed by atoms with van der Waals surface area (Å²) < 4.78 is 27.2. The van der Waals surface area contributed by atoms with E-state index in [1.54, 1.807) is 30.5 Å². The topological polar surface area (TPSA) is 71.1 Å². The largest absolute Gasteiger partial charge is 0.316 e. The number of benzene rings is 1. The average molecular weight is 305 g/mol. The number of aryl methyl sites for hydroxylation is 1. The fraction of sp³-hybridized carbons (Fsp3) is 0.267. The van der Waals surface area contributed by atoms with Crippen molar-refractivity contribution in [3.05, 3.63) is 59.4 Å². The van der Waals surface area contributed by atoms with Crippen LogP contribution in [0, 0.1) is 6.92 Å². The lowest BCUT2D eigenvalue weighted by Gasteiger charge is -2.10. The second-order valence-electron chi connectivity index (χ2n) is 4.76. The van der Waals surface area contributed by atoms with Gasteiger partial charge in [-0.1, -0.05) is 12.1 Å². The Morgan fingerprint density at radius 3 is 2.62 bits per heavy atom. The summed E-state index contributed by atoms with van der Waals surface area (Å²) in [6, 6.07) is 10.5. The highest BCUT2D eigenvalue weighted by Crippen LogP contribution is 2.15. The molecule has 6 heteroatoms. The van der Waals surface area contributed by atoms with Gasteiger partial charge in [-0.15, -0.1) is 0 Å². The molecule has 2 rings (SSSR count). The van der Waals surface area contributed by atoms with E-state index in [1.807, 2.05) is 26.1 Å². The van der Waals surface area contributed by atoms with Gasteiger partial charge < -0.3 is 5.32 Å². The minimum absolute atomic E-state index is 0.179. The van der Waals surface area contributed by atoms with Crippen molar-refractivity contribution < 1.29 is 8.42 Å². The number of hydrogen-bond donors (Lipinski definition) is 2. The van der Waals surface area contributed by atoms with Crippen LogP contribution in [-0.2, 0) is 23.1 Å². The van der Waals surface area contributed by atoms with Gasteiger partial charge in [0.2, 0.25) is 10.0 Å². The zero-order valence-corrected chi connectivity index (χ0v) is 12.9. The average Bonchev–Trinajstić information content (AvgIpc) is 2.49. The minimum Gasteiger partial charge on any atom is -0.316 e. The van der Waals surface area contributed by atoms with E-state index < -0.39 is 10.0 Å². The molecular weight excluding hydrogens is 286 g/mol. The van der Waals surface area contributed by atoms with E-state index in [2.05, 4.69) is 15.0 Å². The first kappa shape index (κ1) is 15.6. The van der Waals surface area contributed by atoms with E-state index in [0.29, 0.717) is 12.2 Å². The lowest BCUT2D eigenvalue weighted by atomic mass is 10.1.